The van der Waals surface area contributed by atoms with Crippen molar-refractivity contribution in [3.8, 4) is 44.5 Å². The van der Waals surface area contributed by atoms with Crippen LogP contribution < -0.4 is 4.90 Å². The fourth-order valence-corrected chi connectivity index (χ4v) is 12.7. The number of hydrogen-bond acceptors (Lipinski definition) is 2. The number of anilines is 3. The molecule has 2 heteroatoms. The van der Waals surface area contributed by atoms with Crippen LogP contribution in [0.2, 0.25) is 0 Å². The topological polar surface area (TPSA) is 3.24 Å². The molecule has 1 spiro atoms. The Morgan fingerprint density at radius 2 is 0.867 bits per heavy atom. The second kappa shape index (κ2) is 12.3. The Morgan fingerprint density at radius 1 is 0.367 bits per heavy atom. The Morgan fingerprint density at radius 3 is 1.58 bits per heavy atom. The van der Waals surface area contributed by atoms with Crippen LogP contribution >= 0.6 is 11.3 Å². The molecule has 60 heavy (non-hydrogen) atoms. The summed E-state index contributed by atoms with van der Waals surface area (Å²) in [5.74, 6) is 0. The van der Waals surface area contributed by atoms with Gasteiger partial charge >= 0.3 is 0 Å². The van der Waals surface area contributed by atoms with Crippen LogP contribution in [0.4, 0.5) is 17.1 Å². The van der Waals surface area contributed by atoms with Gasteiger partial charge in [0.05, 0.1) is 21.5 Å². The molecule has 0 saturated carbocycles. The molecule has 13 rings (SSSR count). The highest BCUT2D eigenvalue weighted by Gasteiger charge is 2.52. The molecule has 0 bridgehead atoms. The van der Waals surface area contributed by atoms with Gasteiger partial charge in [-0.05, 0) is 96.6 Å². The molecule has 0 aliphatic heterocycles. The van der Waals surface area contributed by atoms with Crippen molar-refractivity contribution in [1.82, 2.24) is 0 Å². The highest BCUT2D eigenvalue weighted by molar-refractivity contribution is 7.27. The molecule has 10 aromatic rings. The number of thiophene rings is 1. The van der Waals surface area contributed by atoms with Gasteiger partial charge in [-0.15, -0.1) is 11.3 Å². The number of hydrogen-bond donors (Lipinski definition) is 0. The van der Waals surface area contributed by atoms with Crippen LogP contribution in [0.25, 0.3) is 64.7 Å². The van der Waals surface area contributed by atoms with E-state index in [2.05, 4.69) is 219 Å². The minimum Gasteiger partial charge on any atom is -0.308 e. The first-order valence-electron chi connectivity index (χ1n) is 21.0. The average Bonchev–Trinajstić information content (AvgIpc) is 4.00. The average molecular weight is 782 g/mol. The van der Waals surface area contributed by atoms with E-state index in [4.69, 9.17) is 0 Å². The Labute approximate surface area is 354 Å². The molecule has 1 aromatic heterocycles. The molecule has 0 fully saturated rings. The van der Waals surface area contributed by atoms with E-state index in [-0.39, 0.29) is 5.41 Å². The predicted molar refractivity (Wildman–Crippen MR) is 253 cm³/mol. The molecule has 0 amide bonds. The maximum Gasteiger partial charge on any atom is 0.0726 e. The third kappa shape index (κ3) is 4.31. The summed E-state index contributed by atoms with van der Waals surface area (Å²) < 4.78 is 2.60. The Kier molecular flexibility index (Phi) is 6.94. The molecule has 1 heterocycles. The van der Waals surface area contributed by atoms with Gasteiger partial charge in [0.2, 0.25) is 0 Å². The first kappa shape index (κ1) is 33.9. The summed E-state index contributed by atoms with van der Waals surface area (Å²) in [4.78, 5) is 2.60. The van der Waals surface area contributed by atoms with E-state index >= 15 is 0 Å². The molecule has 0 unspecified atom stereocenters. The number of benzene rings is 9. The highest BCUT2D eigenvalue weighted by atomic mass is 32.1. The van der Waals surface area contributed by atoms with Gasteiger partial charge in [-0.1, -0.05) is 190 Å². The maximum absolute atomic E-state index is 2.60. The van der Waals surface area contributed by atoms with Gasteiger partial charge in [0.1, 0.15) is 0 Å². The molecular formula is C58H39NS. The SMILES string of the molecule is CC1(C)c2ccccc2-c2ccc(N(c3cccc4c3-c3ccccc3C43c4ccccc4-c4ccccc43)c3cccc4c3sc3c(-c5ccccc5)cccc34)cc21. The minimum atomic E-state index is -0.434. The van der Waals surface area contributed by atoms with Crippen molar-refractivity contribution in [2.75, 3.05) is 4.90 Å². The number of fused-ring (bicyclic) bond motifs is 16. The normalized spacial score (nSPS) is 14.4. The van der Waals surface area contributed by atoms with E-state index in [9.17, 15) is 0 Å². The van der Waals surface area contributed by atoms with E-state index in [1.54, 1.807) is 0 Å². The summed E-state index contributed by atoms with van der Waals surface area (Å²) >= 11 is 1.92. The van der Waals surface area contributed by atoms with E-state index in [1.165, 1.54) is 115 Å². The molecule has 0 saturated heterocycles. The summed E-state index contributed by atoms with van der Waals surface area (Å²) in [6.45, 7) is 4.78. The van der Waals surface area contributed by atoms with Gasteiger partial charge in [-0.3, -0.25) is 0 Å². The van der Waals surface area contributed by atoms with Crippen molar-refractivity contribution in [2.24, 2.45) is 0 Å². The van der Waals surface area contributed by atoms with Crippen molar-refractivity contribution in [2.45, 2.75) is 24.7 Å². The smallest absolute Gasteiger partial charge is 0.0726 e. The monoisotopic (exact) mass is 781 g/mol. The molecule has 3 aliphatic rings. The first-order chi connectivity index (χ1) is 29.5. The summed E-state index contributed by atoms with van der Waals surface area (Å²) in [7, 11) is 0. The Balaban J connectivity index is 1.13. The lowest BCUT2D eigenvalue weighted by atomic mass is 9.70. The predicted octanol–water partition coefficient (Wildman–Crippen LogP) is 15.8. The van der Waals surface area contributed by atoms with Crippen LogP contribution in [0.15, 0.2) is 200 Å². The van der Waals surface area contributed by atoms with Gasteiger partial charge in [0.25, 0.3) is 0 Å². The zero-order valence-corrected chi connectivity index (χ0v) is 34.2. The largest absolute Gasteiger partial charge is 0.308 e. The quantitative estimate of drug-likeness (QED) is 0.172. The molecule has 3 aliphatic carbocycles. The second-order valence-electron chi connectivity index (χ2n) is 17.1. The summed E-state index contributed by atoms with van der Waals surface area (Å²) in [5, 5.41) is 2.58. The first-order valence-corrected chi connectivity index (χ1v) is 21.8. The van der Waals surface area contributed by atoms with Gasteiger partial charge in [0.15, 0.2) is 0 Å². The lowest BCUT2D eigenvalue weighted by Crippen LogP contribution is -2.26. The van der Waals surface area contributed by atoms with Gasteiger partial charge < -0.3 is 4.90 Å². The molecule has 1 nitrogen and oxygen atoms in total. The molecule has 0 atom stereocenters. The number of nitrogens with zero attached hydrogens (tertiary/aromatic N) is 1. The maximum atomic E-state index is 2.60. The lowest BCUT2D eigenvalue weighted by molar-refractivity contribution is 0.660. The zero-order chi connectivity index (χ0) is 39.7. The Bertz CT molecular complexity index is 3380. The second-order valence-corrected chi connectivity index (χ2v) is 18.1. The summed E-state index contributed by atoms with van der Waals surface area (Å²) in [6, 6.07) is 75.3. The minimum absolute atomic E-state index is 0.144. The fraction of sp³-hybridized carbons (Fsp3) is 0.0690. The van der Waals surface area contributed by atoms with Crippen molar-refractivity contribution >= 4 is 48.6 Å². The summed E-state index contributed by atoms with van der Waals surface area (Å²) in [6.07, 6.45) is 0. The van der Waals surface area contributed by atoms with Crippen molar-refractivity contribution in [1.29, 1.82) is 0 Å². The van der Waals surface area contributed by atoms with E-state index < -0.39 is 5.41 Å². The third-order valence-corrected chi connectivity index (χ3v) is 15.2. The standard InChI is InChI=1S/C58H39NS/c1-57(2)46-26-10-6-19-39(46)42-34-33-37(35-51(42)57)59(53-32-15-25-44-43-24-14-23-38(55(43)60-56(44)53)36-17-4-3-5-18-36)52-31-16-30-50-54(52)45-22-9-13-29-49(45)58(50)47-27-11-7-20-40(47)41-21-8-12-28-48(41)58/h3-35H,1-2H3. The fourth-order valence-electron chi connectivity index (χ4n) is 11.4. The molecule has 9 aromatic carbocycles. The number of rotatable bonds is 4. The van der Waals surface area contributed by atoms with Gasteiger partial charge in [0, 0.05) is 32.1 Å². The zero-order valence-electron chi connectivity index (χ0n) is 33.4. The van der Waals surface area contributed by atoms with Gasteiger partial charge in [-0.25, -0.2) is 0 Å². The van der Waals surface area contributed by atoms with Crippen LogP contribution in [-0.2, 0) is 10.8 Å². The van der Waals surface area contributed by atoms with Crippen LogP contribution in [0.1, 0.15) is 47.2 Å². The lowest BCUT2D eigenvalue weighted by Gasteiger charge is -2.32. The molecule has 0 N–H and O–H groups in total. The van der Waals surface area contributed by atoms with Crippen molar-refractivity contribution in [3.05, 3.63) is 234 Å². The van der Waals surface area contributed by atoms with Crippen molar-refractivity contribution in [3.63, 3.8) is 0 Å². The van der Waals surface area contributed by atoms with E-state index in [1.807, 2.05) is 11.3 Å². The summed E-state index contributed by atoms with van der Waals surface area (Å²) in [5.41, 5.74) is 21.6. The van der Waals surface area contributed by atoms with Crippen LogP contribution in [0, 0.1) is 0 Å². The molecule has 282 valence electrons. The molecular weight excluding hydrogens is 743 g/mol. The van der Waals surface area contributed by atoms with Crippen molar-refractivity contribution < 1.29 is 0 Å². The van der Waals surface area contributed by atoms with E-state index in [0.717, 1.165) is 0 Å². The van der Waals surface area contributed by atoms with Gasteiger partial charge in [-0.2, -0.15) is 0 Å². The highest BCUT2D eigenvalue weighted by Crippen LogP contribution is 2.65. The Hall–Kier alpha value is -7.00. The van der Waals surface area contributed by atoms with Crippen LogP contribution in [0.5, 0.6) is 0 Å². The third-order valence-electron chi connectivity index (χ3n) is 13.9. The molecule has 0 radical (unpaired) electrons. The van der Waals surface area contributed by atoms with Crippen LogP contribution in [0.3, 0.4) is 0 Å². The van der Waals surface area contributed by atoms with Crippen LogP contribution in [-0.4, -0.2) is 0 Å². The van der Waals surface area contributed by atoms with E-state index in [0.29, 0.717) is 0 Å².